The second-order valence-electron chi connectivity index (χ2n) is 7.01. The standard InChI is InChI=1S/C19H25F2N3O2.ClH/c1-2-9-23(15-5-7-22-8-6-15)19(26)13-10-18(25)24(12-13)17-4-3-14(20)11-16(17)21;/h3-4,11,13,15,22H,2,5-10,12H2,1H3;1H. The molecule has 1 unspecified atom stereocenters. The van der Waals surface area contributed by atoms with Gasteiger partial charge >= 0.3 is 0 Å². The van der Waals surface area contributed by atoms with Crippen molar-refractivity contribution in [2.45, 2.75) is 38.6 Å². The number of piperidine rings is 1. The van der Waals surface area contributed by atoms with E-state index in [1.807, 2.05) is 11.8 Å². The summed E-state index contributed by atoms with van der Waals surface area (Å²) in [5, 5.41) is 3.29. The third-order valence-corrected chi connectivity index (χ3v) is 5.17. The Morgan fingerprint density at radius 3 is 2.63 bits per heavy atom. The number of nitrogens with one attached hydrogen (secondary N) is 1. The summed E-state index contributed by atoms with van der Waals surface area (Å²) < 4.78 is 27.2. The highest BCUT2D eigenvalue weighted by atomic mass is 35.5. The van der Waals surface area contributed by atoms with Crippen LogP contribution in [0.5, 0.6) is 0 Å². The van der Waals surface area contributed by atoms with E-state index in [0.29, 0.717) is 6.54 Å². The Hall–Kier alpha value is -1.73. The Morgan fingerprint density at radius 2 is 2.00 bits per heavy atom. The van der Waals surface area contributed by atoms with Crippen LogP contribution in [0.25, 0.3) is 0 Å². The van der Waals surface area contributed by atoms with Crippen LogP contribution in [0.15, 0.2) is 18.2 Å². The van der Waals surface area contributed by atoms with E-state index in [-0.39, 0.29) is 48.9 Å². The van der Waals surface area contributed by atoms with Crippen molar-refractivity contribution in [1.82, 2.24) is 10.2 Å². The Kier molecular flexibility index (Phi) is 7.56. The molecule has 1 aromatic carbocycles. The van der Waals surface area contributed by atoms with Gasteiger partial charge in [0.2, 0.25) is 11.8 Å². The molecule has 0 spiro atoms. The number of rotatable bonds is 5. The molecule has 5 nitrogen and oxygen atoms in total. The quantitative estimate of drug-likeness (QED) is 0.825. The number of anilines is 1. The molecule has 8 heteroatoms. The molecule has 1 N–H and O–H groups in total. The Labute approximate surface area is 164 Å². The van der Waals surface area contributed by atoms with Crippen molar-refractivity contribution in [2.24, 2.45) is 5.92 Å². The fourth-order valence-corrected chi connectivity index (χ4v) is 3.87. The minimum Gasteiger partial charge on any atom is -0.339 e. The lowest BCUT2D eigenvalue weighted by molar-refractivity contribution is -0.138. The van der Waals surface area contributed by atoms with Gasteiger partial charge in [-0.1, -0.05) is 6.92 Å². The number of hydrogen-bond acceptors (Lipinski definition) is 3. The summed E-state index contributed by atoms with van der Waals surface area (Å²) in [6.45, 7) is 4.61. The fourth-order valence-electron chi connectivity index (χ4n) is 3.87. The molecule has 0 aliphatic carbocycles. The number of carbonyl (C=O) groups excluding carboxylic acids is 2. The van der Waals surface area contributed by atoms with E-state index in [2.05, 4.69) is 5.32 Å². The first-order valence-electron chi connectivity index (χ1n) is 9.28. The monoisotopic (exact) mass is 401 g/mol. The van der Waals surface area contributed by atoms with Gasteiger partial charge < -0.3 is 15.1 Å². The summed E-state index contributed by atoms with van der Waals surface area (Å²) in [5.41, 5.74) is 0.0376. The molecule has 0 bridgehead atoms. The maximum Gasteiger partial charge on any atom is 0.228 e. The maximum absolute atomic E-state index is 14.0. The van der Waals surface area contributed by atoms with Crippen LogP contribution in [0.2, 0.25) is 0 Å². The highest BCUT2D eigenvalue weighted by molar-refractivity contribution is 6.00. The van der Waals surface area contributed by atoms with Gasteiger partial charge in [-0.3, -0.25) is 9.59 Å². The molecular weight excluding hydrogens is 376 g/mol. The van der Waals surface area contributed by atoms with Crippen LogP contribution in [0, 0.1) is 17.6 Å². The second kappa shape index (κ2) is 9.46. The lowest BCUT2D eigenvalue weighted by Crippen LogP contribution is -2.48. The summed E-state index contributed by atoms with van der Waals surface area (Å²) in [6, 6.07) is 3.33. The van der Waals surface area contributed by atoms with E-state index in [0.717, 1.165) is 44.5 Å². The molecule has 2 aliphatic heterocycles. The Balaban J connectivity index is 0.00000261. The largest absolute Gasteiger partial charge is 0.339 e. The van der Waals surface area contributed by atoms with Gasteiger partial charge in [0.05, 0.1) is 11.6 Å². The Bertz CT molecular complexity index is 683. The van der Waals surface area contributed by atoms with Gasteiger partial charge in [0, 0.05) is 31.6 Å². The van der Waals surface area contributed by atoms with E-state index in [4.69, 9.17) is 0 Å². The van der Waals surface area contributed by atoms with Crippen LogP contribution >= 0.6 is 12.4 Å². The highest BCUT2D eigenvalue weighted by Gasteiger charge is 2.39. The van der Waals surface area contributed by atoms with Gasteiger partial charge in [0.25, 0.3) is 0 Å². The summed E-state index contributed by atoms with van der Waals surface area (Å²) in [5.74, 6) is -2.28. The molecule has 2 saturated heterocycles. The van der Waals surface area contributed by atoms with E-state index < -0.39 is 17.6 Å². The lowest BCUT2D eigenvalue weighted by Gasteiger charge is -2.36. The molecule has 0 radical (unpaired) electrons. The zero-order valence-corrected chi connectivity index (χ0v) is 16.2. The number of benzene rings is 1. The number of nitrogens with zero attached hydrogens (tertiary/aromatic N) is 2. The predicted octanol–water partition coefficient (Wildman–Crippen LogP) is 2.73. The van der Waals surface area contributed by atoms with Crippen molar-refractivity contribution in [2.75, 3.05) is 31.1 Å². The van der Waals surface area contributed by atoms with Crippen molar-refractivity contribution in [3.8, 4) is 0 Å². The number of amides is 2. The summed E-state index contributed by atoms with van der Waals surface area (Å²) in [7, 11) is 0. The first-order chi connectivity index (χ1) is 12.5. The van der Waals surface area contributed by atoms with Crippen molar-refractivity contribution >= 4 is 29.9 Å². The first-order valence-corrected chi connectivity index (χ1v) is 9.28. The Morgan fingerprint density at radius 1 is 1.30 bits per heavy atom. The smallest absolute Gasteiger partial charge is 0.228 e. The van der Waals surface area contributed by atoms with Crippen LogP contribution in [0.4, 0.5) is 14.5 Å². The zero-order chi connectivity index (χ0) is 18.7. The molecule has 1 aromatic rings. The highest BCUT2D eigenvalue weighted by Crippen LogP contribution is 2.30. The van der Waals surface area contributed by atoms with Gasteiger partial charge in [-0.05, 0) is 44.5 Å². The molecule has 2 aliphatic rings. The molecule has 27 heavy (non-hydrogen) atoms. The minimum absolute atomic E-state index is 0. The third kappa shape index (κ3) is 4.76. The van der Waals surface area contributed by atoms with Gasteiger partial charge in [-0.15, -0.1) is 12.4 Å². The van der Waals surface area contributed by atoms with Gasteiger partial charge in [-0.2, -0.15) is 0 Å². The van der Waals surface area contributed by atoms with Crippen molar-refractivity contribution in [3.05, 3.63) is 29.8 Å². The maximum atomic E-state index is 14.0. The van der Waals surface area contributed by atoms with Crippen molar-refractivity contribution < 1.29 is 18.4 Å². The average Bonchev–Trinajstić information content (AvgIpc) is 3.01. The van der Waals surface area contributed by atoms with Crippen LogP contribution < -0.4 is 10.2 Å². The second-order valence-corrected chi connectivity index (χ2v) is 7.01. The van der Waals surface area contributed by atoms with E-state index in [1.165, 1.54) is 11.0 Å². The van der Waals surface area contributed by atoms with E-state index in [1.54, 1.807) is 0 Å². The molecule has 0 saturated carbocycles. The van der Waals surface area contributed by atoms with Crippen LogP contribution in [0.1, 0.15) is 32.6 Å². The number of carbonyl (C=O) groups is 2. The van der Waals surface area contributed by atoms with Gasteiger partial charge in [0.1, 0.15) is 11.6 Å². The SMILES string of the molecule is CCCN(C(=O)C1CC(=O)N(c2ccc(F)cc2F)C1)C1CCNCC1.Cl. The molecule has 1 atom stereocenters. The topological polar surface area (TPSA) is 52.7 Å². The zero-order valence-electron chi connectivity index (χ0n) is 15.4. The first kappa shape index (κ1) is 21.6. The van der Waals surface area contributed by atoms with Crippen molar-refractivity contribution in [1.29, 1.82) is 0 Å². The van der Waals surface area contributed by atoms with Crippen LogP contribution in [-0.2, 0) is 9.59 Å². The molecule has 2 fully saturated rings. The normalized spacial score (nSPS) is 20.5. The predicted molar refractivity (Wildman–Crippen MR) is 102 cm³/mol. The molecule has 2 heterocycles. The fraction of sp³-hybridized carbons (Fsp3) is 0.579. The van der Waals surface area contributed by atoms with E-state index >= 15 is 0 Å². The number of halogens is 3. The van der Waals surface area contributed by atoms with Gasteiger partial charge in [0.15, 0.2) is 0 Å². The van der Waals surface area contributed by atoms with Crippen LogP contribution in [-0.4, -0.2) is 48.9 Å². The van der Waals surface area contributed by atoms with E-state index in [9.17, 15) is 18.4 Å². The average molecular weight is 402 g/mol. The molecule has 150 valence electrons. The molecular formula is C19H26ClF2N3O2. The van der Waals surface area contributed by atoms with Gasteiger partial charge in [-0.25, -0.2) is 8.78 Å². The molecule has 3 rings (SSSR count). The van der Waals surface area contributed by atoms with Crippen molar-refractivity contribution in [3.63, 3.8) is 0 Å². The molecule has 0 aromatic heterocycles. The summed E-state index contributed by atoms with van der Waals surface area (Å²) >= 11 is 0. The van der Waals surface area contributed by atoms with Crippen LogP contribution in [0.3, 0.4) is 0 Å². The lowest BCUT2D eigenvalue weighted by atomic mass is 10.0. The molecule has 2 amide bonds. The third-order valence-electron chi connectivity index (χ3n) is 5.17. The minimum atomic E-state index is -0.782. The summed E-state index contributed by atoms with van der Waals surface area (Å²) in [4.78, 5) is 28.6. The summed E-state index contributed by atoms with van der Waals surface area (Å²) in [6.07, 6.45) is 2.74. The number of hydrogen-bond donors (Lipinski definition) is 1.